The van der Waals surface area contributed by atoms with E-state index in [0.29, 0.717) is 4.47 Å². The third kappa shape index (κ3) is 3.86. The van der Waals surface area contributed by atoms with Crippen LogP contribution in [0.15, 0.2) is 16.7 Å². The van der Waals surface area contributed by atoms with E-state index in [2.05, 4.69) is 31.0 Å². The first-order valence-corrected chi connectivity index (χ1v) is 5.98. The Morgan fingerprint density at radius 2 is 2.32 bits per heavy atom. The van der Waals surface area contributed by atoms with Crippen LogP contribution < -0.4 is 5.32 Å². The minimum atomic E-state index is -1.44. The van der Waals surface area contributed by atoms with Gasteiger partial charge in [0.25, 0.3) is 0 Å². The van der Waals surface area contributed by atoms with Crippen LogP contribution in [-0.4, -0.2) is 40.2 Å². The van der Waals surface area contributed by atoms with Crippen LogP contribution in [0.25, 0.3) is 0 Å². The average Bonchev–Trinajstić information content (AvgIpc) is 2.36. The van der Waals surface area contributed by atoms with E-state index in [0.717, 1.165) is 7.11 Å². The summed E-state index contributed by atoms with van der Waals surface area (Å²) >= 11 is 3.14. The van der Waals surface area contributed by atoms with Gasteiger partial charge in [0.05, 0.1) is 17.6 Å². The van der Waals surface area contributed by atoms with Crippen molar-refractivity contribution < 1.29 is 19.6 Å². The number of pyridine rings is 1. The quantitative estimate of drug-likeness (QED) is 0.470. The third-order valence-corrected chi connectivity index (χ3v) is 2.74. The molecule has 0 bridgehead atoms. The Kier molecular flexibility index (Phi) is 5.19. The van der Waals surface area contributed by atoms with E-state index in [1.54, 1.807) is 0 Å². The zero-order chi connectivity index (χ0) is 14.6. The van der Waals surface area contributed by atoms with Gasteiger partial charge in [-0.15, -0.1) is 0 Å². The maximum Gasteiger partial charge on any atom is 0.386 e. The van der Waals surface area contributed by atoms with Crippen LogP contribution in [0.2, 0.25) is 0 Å². The lowest BCUT2D eigenvalue weighted by Gasteiger charge is -2.18. The lowest BCUT2D eigenvalue weighted by atomic mass is 10.2. The normalized spacial score (nSPS) is 13.5. The van der Waals surface area contributed by atoms with Gasteiger partial charge >= 0.3 is 11.8 Å². The van der Waals surface area contributed by atoms with Crippen molar-refractivity contribution in [3.63, 3.8) is 0 Å². The van der Waals surface area contributed by atoms with Crippen LogP contribution in [0.1, 0.15) is 6.92 Å². The van der Waals surface area contributed by atoms with Crippen LogP contribution in [0.5, 0.6) is 0 Å². The molecular weight excluding hydrogens is 322 g/mol. The molecule has 1 rings (SSSR count). The third-order valence-electron chi connectivity index (χ3n) is 2.31. The molecule has 19 heavy (non-hydrogen) atoms. The number of nitrogens with one attached hydrogen (secondary N) is 1. The molecule has 0 unspecified atom stereocenters. The van der Waals surface area contributed by atoms with Crippen LogP contribution in [-0.2, 0) is 9.53 Å². The zero-order valence-electron chi connectivity index (χ0n) is 10.2. The molecule has 0 aromatic carbocycles. The van der Waals surface area contributed by atoms with Gasteiger partial charge in [-0.3, -0.25) is 0 Å². The molecule has 1 heterocycles. The molecular formula is C10H12BrN3O5. The van der Waals surface area contributed by atoms with Gasteiger partial charge in [0.2, 0.25) is 0 Å². The highest BCUT2D eigenvalue weighted by molar-refractivity contribution is 9.10. The van der Waals surface area contributed by atoms with Crippen molar-refractivity contribution in [3.05, 3.63) is 26.9 Å². The van der Waals surface area contributed by atoms with Crippen molar-refractivity contribution in [2.75, 3.05) is 12.4 Å². The van der Waals surface area contributed by atoms with Crippen molar-refractivity contribution >= 4 is 33.4 Å². The lowest BCUT2D eigenvalue weighted by molar-refractivity contribution is -0.388. The van der Waals surface area contributed by atoms with Gasteiger partial charge in [-0.05, 0) is 38.8 Å². The SMILES string of the molecule is COC(=O)[C@@H](O)[C@@H](C)Nc1cc(Br)cnc1[N+](=O)[O-]. The molecule has 0 aliphatic heterocycles. The Hall–Kier alpha value is -1.74. The van der Waals surface area contributed by atoms with Crippen molar-refractivity contribution in [2.24, 2.45) is 0 Å². The van der Waals surface area contributed by atoms with Gasteiger partial charge in [0.1, 0.15) is 5.69 Å². The number of hydrogen-bond donors (Lipinski definition) is 2. The minimum Gasteiger partial charge on any atom is -0.467 e. The van der Waals surface area contributed by atoms with Crippen LogP contribution in [0, 0.1) is 10.1 Å². The first-order chi connectivity index (χ1) is 8.86. The fourth-order valence-corrected chi connectivity index (χ4v) is 1.66. The van der Waals surface area contributed by atoms with E-state index in [1.165, 1.54) is 19.2 Å². The number of carbonyl (C=O) groups is 1. The molecule has 8 nitrogen and oxygen atoms in total. The molecule has 0 spiro atoms. The zero-order valence-corrected chi connectivity index (χ0v) is 11.7. The smallest absolute Gasteiger partial charge is 0.386 e. The summed E-state index contributed by atoms with van der Waals surface area (Å²) in [5.41, 5.74) is 0.0924. The summed E-state index contributed by atoms with van der Waals surface area (Å²) in [7, 11) is 1.14. The second kappa shape index (κ2) is 6.43. The second-order valence-corrected chi connectivity index (χ2v) is 4.60. The monoisotopic (exact) mass is 333 g/mol. The van der Waals surface area contributed by atoms with E-state index in [1.807, 2.05) is 0 Å². The number of carbonyl (C=O) groups excluding carboxylic acids is 1. The highest BCUT2D eigenvalue weighted by Crippen LogP contribution is 2.26. The van der Waals surface area contributed by atoms with Crippen LogP contribution >= 0.6 is 15.9 Å². The van der Waals surface area contributed by atoms with Gasteiger partial charge in [-0.1, -0.05) is 0 Å². The Bertz CT molecular complexity index is 496. The molecule has 0 aliphatic carbocycles. The first kappa shape index (κ1) is 15.3. The van der Waals surface area contributed by atoms with E-state index in [-0.39, 0.29) is 5.69 Å². The molecule has 0 amide bonds. The predicted molar refractivity (Wildman–Crippen MR) is 69.7 cm³/mol. The Morgan fingerprint density at radius 1 is 1.68 bits per heavy atom. The molecule has 2 N–H and O–H groups in total. The van der Waals surface area contributed by atoms with E-state index >= 15 is 0 Å². The molecule has 0 aliphatic rings. The molecule has 1 aromatic rings. The number of aliphatic hydroxyl groups is 1. The number of aromatic nitrogens is 1. The number of anilines is 1. The van der Waals surface area contributed by atoms with E-state index in [9.17, 15) is 20.0 Å². The summed E-state index contributed by atoms with van der Waals surface area (Å²) in [5.74, 6) is -1.22. The number of esters is 1. The summed E-state index contributed by atoms with van der Waals surface area (Å²) < 4.78 is 4.91. The Labute approximate surface area is 117 Å². The number of hydrogen-bond acceptors (Lipinski definition) is 7. The molecule has 0 saturated heterocycles. The highest BCUT2D eigenvalue weighted by Gasteiger charge is 2.26. The standard InChI is InChI=1S/C10H12BrN3O5/c1-5(8(15)10(16)19-2)13-7-3-6(11)4-12-9(7)14(17)18/h3-5,8,13,15H,1-2H3/t5-,8+/m1/s1. The number of ether oxygens (including phenoxy) is 1. The maximum absolute atomic E-state index is 11.2. The minimum absolute atomic E-state index is 0.0924. The molecule has 0 fully saturated rings. The van der Waals surface area contributed by atoms with Crippen molar-refractivity contribution in [1.82, 2.24) is 4.98 Å². The Balaban J connectivity index is 2.95. The topological polar surface area (TPSA) is 115 Å². The number of rotatable bonds is 5. The van der Waals surface area contributed by atoms with E-state index in [4.69, 9.17) is 0 Å². The molecule has 2 atom stereocenters. The number of halogens is 1. The number of nitrogens with zero attached hydrogens (tertiary/aromatic N) is 2. The van der Waals surface area contributed by atoms with Gasteiger partial charge in [0.15, 0.2) is 12.3 Å². The summed E-state index contributed by atoms with van der Waals surface area (Å²) in [6, 6.07) is 0.660. The number of aliphatic hydroxyl groups excluding tert-OH is 1. The summed E-state index contributed by atoms with van der Waals surface area (Å²) in [6.07, 6.45) is -0.159. The number of methoxy groups -OCH3 is 1. The maximum atomic E-state index is 11.2. The largest absolute Gasteiger partial charge is 0.467 e. The summed E-state index contributed by atoms with van der Waals surface area (Å²) in [4.78, 5) is 25.0. The van der Waals surface area contributed by atoms with Gasteiger partial charge in [-0.2, -0.15) is 0 Å². The van der Waals surface area contributed by atoms with Crippen molar-refractivity contribution in [3.8, 4) is 0 Å². The molecule has 1 aromatic heterocycles. The summed E-state index contributed by atoms with van der Waals surface area (Å²) in [6.45, 7) is 1.49. The van der Waals surface area contributed by atoms with Crippen LogP contribution in [0.4, 0.5) is 11.5 Å². The fourth-order valence-electron chi connectivity index (χ4n) is 1.33. The molecule has 0 saturated carbocycles. The predicted octanol–water partition coefficient (Wildman–Crippen LogP) is 1.09. The van der Waals surface area contributed by atoms with Gasteiger partial charge in [-0.25, -0.2) is 4.79 Å². The van der Waals surface area contributed by atoms with Crippen molar-refractivity contribution in [2.45, 2.75) is 19.1 Å². The van der Waals surface area contributed by atoms with E-state index < -0.39 is 28.9 Å². The molecule has 0 radical (unpaired) electrons. The average molecular weight is 334 g/mol. The molecule has 9 heteroatoms. The fraction of sp³-hybridized carbons (Fsp3) is 0.400. The van der Waals surface area contributed by atoms with Gasteiger partial charge < -0.3 is 25.3 Å². The molecule has 104 valence electrons. The van der Waals surface area contributed by atoms with Crippen LogP contribution in [0.3, 0.4) is 0 Å². The van der Waals surface area contributed by atoms with Crippen molar-refractivity contribution in [1.29, 1.82) is 0 Å². The highest BCUT2D eigenvalue weighted by atomic mass is 79.9. The summed E-state index contributed by atoms with van der Waals surface area (Å²) in [5, 5.41) is 23.1. The number of nitro groups is 1. The van der Waals surface area contributed by atoms with Gasteiger partial charge in [0, 0.05) is 0 Å². The Morgan fingerprint density at radius 3 is 2.84 bits per heavy atom. The second-order valence-electron chi connectivity index (χ2n) is 3.68. The lowest BCUT2D eigenvalue weighted by Crippen LogP contribution is -2.38. The first-order valence-electron chi connectivity index (χ1n) is 5.19.